The van der Waals surface area contributed by atoms with Crippen LogP contribution >= 0.6 is 0 Å². The van der Waals surface area contributed by atoms with Crippen molar-refractivity contribution in [1.82, 2.24) is 0 Å². The summed E-state index contributed by atoms with van der Waals surface area (Å²) in [5, 5.41) is 0. The summed E-state index contributed by atoms with van der Waals surface area (Å²) in [6, 6.07) is -0.227. The number of hydrogen-bond acceptors (Lipinski definition) is 4. The topological polar surface area (TPSA) is 80.2 Å². The van der Waals surface area contributed by atoms with Crippen molar-refractivity contribution in [3.05, 3.63) is 12.2 Å². The molecule has 0 radical (unpaired) electrons. The fraction of sp³-hybridized carbons (Fsp3) is 0.143. The van der Waals surface area contributed by atoms with Gasteiger partial charge in [0.2, 0.25) is 0 Å². The van der Waals surface area contributed by atoms with Crippen LogP contribution in [-0.4, -0.2) is 29.8 Å². The van der Waals surface area contributed by atoms with Gasteiger partial charge in [0.25, 0.3) is 5.91 Å². The SMILES string of the molecule is NC1=NC2=NC(=O)C=NC2C=C1. The lowest BCUT2D eigenvalue weighted by molar-refractivity contribution is -0.111. The Kier molecular flexibility index (Phi) is 1.36. The molecule has 0 aromatic rings. The van der Waals surface area contributed by atoms with Crippen LogP contribution in [-0.2, 0) is 4.79 Å². The third-order valence-corrected chi connectivity index (χ3v) is 1.53. The minimum absolute atomic E-state index is 0.227. The van der Waals surface area contributed by atoms with E-state index in [1.165, 1.54) is 6.21 Å². The predicted octanol–water partition coefficient (Wildman–Crippen LogP) is -0.709. The molecule has 0 fully saturated rings. The van der Waals surface area contributed by atoms with E-state index < -0.39 is 0 Å². The van der Waals surface area contributed by atoms with E-state index in [1.807, 2.05) is 0 Å². The summed E-state index contributed by atoms with van der Waals surface area (Å²) in [4.78, 5) is 22.2. The number of dihydropyridines is 1. The molecule has 1 unspecified atom stereocenters. The van der Waals surface area contributed by atoms with E-state index in [2.05, 4.69) is 15.0 Å². The summed E-state index contributed by atoms with van der Waals surface area (Å²) >= 11 is 0. The Balaban J connectivity index is 2.40. The van der Waals surface area contributed by atoms with Crippen LogP contribution in [0.4, 0.5) is 0 Å². The first kappa shape index (κ1) is 6.90. The zero-order chi connectivity index (χ0) is 8.55. The molecule has 0 saturated heterocycles. The largest absolute Gasteiger partial charge is 0.384 e. The Labute approximate surface area is 68.4 Å². The number of amides is 1. The maximum absolute atomic E-state index is 10.8. The maximum Gasteiger partial charge on any atom is 0.289 e. The average Bonchev–Trinajstić information content (AvgIpc) is 2.03. The van der Waals surface area contributed by atoms with Gasteiger partial charge < -0.3 is 5.73 Å². The molecule has 5 nitrogen and oxygen atoms in total. The van der Waals surface area contributed by atoms with Crippen molar-refractivity contribution in [1.29, 1.82) is 0 Å². The van der Waals surface area contributed by atoms with Gasteiger partial charge in [-0.05, 0) is 12.2 Å². The first-order chi connectivity index (χ1) is 5.75. The number of rotatable bonds is 0. The maximum atomic E-state index is 10.8. The van der Waals surface area contributed by atoms with Gasteiger partial charge in [0.1, 0.15) is 11.9 Å². The lowest BCUT2D eigenvalue weighted by atomic mass is 10.2. The molecule has 1 amide bonds. The quantitative estimate of drug-likeness (QED) is 0.510. The molecule has 2 N–H and O–H groups in total. The highest BCUT2D eigenvalue weighted by Crippen LogP contribution is 2.07. The van der Waals surface area contributed by atoms with Crippen LogP contribution in [0.25, 0.3) is 0 Å². The van der Waals surface area contributed by atoms with Crippen LogP contribution in [0.15, 0.2) is 27.1 Å². The van der Waals surface area contributed by atoms with Crippen molar-refractivity contribution >= 4 is 23.8 Å². The molecule has 0 spiro atoms. The first-order valence-corrected chi connectivity index (χ1v) is 3.44. The third-order valence-electron chi connectivity index (χ3n) is 1.53. The number of amidine groups is 2. The summed E-state index contributed by atoms with van der Waals surface area (Å²) in [5.41, 5.74) is 5.41. The fourth-order valence-electron chi connectivity index (χ4n) is 1.00. The van der Waals surface area contributed by atoms with E-state index >= 15 is 0 Å². The van der Waals surface area contributed by atoms with Crippen molar-refractivity contribution in [2.75, 3.05) is 0 Å². The highest BCUT2D eigenvalue weighted by Gasteiger charge is 2.19. The van der Waals surface area contributed by atoms with Crippen LogP contribution in [0.2, 0.25) is 0 Å². The van der Waals surface area contributed by atoms with Crippen LogP contribution in [0.3, 0.4) is 0 Å². The third kappa shape index (κ3) is 1.05. The predicted molar refractivity (Wildman–Crippen MR) is 45.5 cm³/mol. The lowest BCUT2D eigenvalue weighted by Gasteiger charge is -2.13. The summed E-state index contributed by atoms with van der Waals surface area (Å²) < 4.78 is 0. The Morgan fingerprint density at radius 3 is 3.08 bits per heavy atom. The molecule has 1 atom stereocenters. The molecule has 0 bridgehead atoms. The normalized spacial score (nSPS) is 26.3. The van der Waals surface area contributed by atoms with Gasteiger partial charge in [0.05, 0.1) is 6.21 Å². The molecule has 2 heterocycles. The van der Waals surface area contributed by atoms with E-state index in [-0.39, 0.29) is 11.9 Å². The minimum atomic E-state index is -0.381. The molecule has 2 aliphatic rings. The second-order valence-electron chi connectivity index (χ2n) is 2.43. The smallest absolute Gasteiger partial charge is 0.289 e. The van der Waals surface area contributed by atoms with Gasteiger partial charge in [-0.15, -0.1) is 0 Å². The van der Waals surface area contributed by atoms with Crippen molar-refractivity contribution in [2.24, 2.45) is 20.7 Å². The summed E-state index contributed by atoms with van der Waals surface area (Å²) in [5.74, 6) is 0.352. The molecule has 0 saturated carbocycles. The van der Waals surface area contributed by atoms with Crippen LogP contribution < -0.4 is 5.73 Å². The van der Waals surface area contributed by atoms with Gasteiger partial charge in [-0.1, -0.05) is 0 Å². The van der Waals surface area contributed by atoms with Gasteiger partial charge in [0.15, 0.2) is 5.84 Å². The zero-order valence-electron chi connectivity index (χ0n) is 6.14. The summed E-state index contributed by atoms with van der Waals surface area (Å²) in [6.45, 7) is 0. The number of fused-ring (bicyclic) bond motifs is 1. The number of carbonyl (C=O) groups is 1. The molecular weight excluding hydrogens is 156 g/mol. The molecule has 0 aliphatic carbocycles. The monoisotopic (exact) mass is 162 g/mol. The molecule has 0 aromatic carbocycles. The van der Waals surface area contributed by atoms with E-state index in [1.54, 1.807) is 12.2 Å². The number of nitrogens with two attached hydrogens (primary N) is 1. The Morgan fingerprint density at radius 2 is 2.25 bits per heavy atom. The Bertz CT molecular complexity index is 350. The van der Waals surface area contributed by atoms with E-state index in [4.69, 9.17) is 5.73 Å². The van der Waals surface area contributed by atoms with Crippen LogP contribution in [0.5, 0.6) is 0 Å². The standard InChI is InChI=1S/C7H6N4O/c8-5-2-1-4-7(10-5)11-6(12)3-9-4/h1-4H,(H2,8,10,11,12). The highest BCUT2D eigenvalue weighted by molar-refractivity contribution is 6.32. The van der Waals surface area contributed by atoms with E-state index in [0.29, 0.717) is 11.7 Å². The number of carbonyl (C=O) groups excluding carboxylic acids is 1. The van der Waals surface area contributed by atoms with E-state index in [0.717, 1.165) is 0 Å². The van der Waals surface area contributed by atoms with Crippen LogP contribution in [0.1, 0.15) is 0 Å². The average molecular weight is 162 g/mol. The van der Waals surface area contributed by atoms with Crippen molar-refractivity contribution in [2.45, 2.75) is 6.04 Å². The molecule has 12 heavy (non-hydrogen) atoms. The fourth-order valence-corrected chi connectivity index (χ4v) is 1.00. The molecule has 0 aromatic heterocycles. The molecule has 2 rings (SSSR count). The minimum Gasteiger partial charge on any atom is -0.384 e. The second kappa shape index (κ2) is 2.37. The Hall–Kier alpha value is -1.78. The number of hydrogen-bond donors (Lipinski definition) is 1. The van der Waals surface area contributed by atoms with E-state index in [9.17, 15) is 4.79 Å². The van der Waals surface area contributed by atoms with Crippen LogP contribution in [0, 0.1) is 0 Å². The zero-order valence-corrected chi connectivity index (χ0v) is 6.14. The van der Waals surface area contributed by atoms with Crippen molar-refractivity contribution < 1.29 is 4.79 Å². The highest BCUT2D eigenvalue weighted by atomic mass is 16.1. The molecule has 60 valence electrons. The molecular formula is C7H6N4O. The second-order valence-corrected chi connectivity index (χ2v) is 2.43. The van der Waals surface area contributed by atoms with Gasteiger partial charge >= 0.3 is 0 Å². The number of aliphatic imine (C=N–C) groups is 3. The van der Waals surface area contributed by atoms with Gasteiger partial charge in [-0.3, -0.25) is 9.79 Å². The first-order valence-electron chi connectivity index (χ1n) is 3.44. The molecule has 2 aliphatic heterocycles. The van der Waals surface area contributed by atoms with Gasteiger partial charge in [-0.2, -0.15) is 4.99 Å². The number of nitrogens with zero attached hydrogens (tertiary/aromatic N) is 3. The summed E-state index contributed by atoms with van der Waals surface area (Å²) in [7, 11) is 0. The lowest BCUT2D eigenvalue weighted by Crippen LogP contribution is -2.28. The van der Waals surface area contributed by atoms with Gasteiger partial charge in [-0.25, -0.2) is 4.99 Å². The van der Waals surface area contributed by atoms with Crippen molar-refractivity contribution in [3.63, 3.8) is 0 Å². The Morgan fingerprint density at radius 1 is 1.42 bits per heavy atom. The molecule has 5 heteroatoms. The summed E-state index contributed by atoms with van der Waals surface area (Å²) in [6.07, 6.45) is 4.59. The van der Waals surface area contributed by atoms with Gasteiger partial charge in [0, 0.05) is 0 Å². The van der Waals surface area contributed by atoms with Crippen molar-refractivity contribution in [3.8, 4) is 0 Å².